The van der Waals surface area contributed by atoms with Crippen LogP contribution in [0.25, 0.3) is 0 Å². The van der Waals surface area contributed by atoms with Crippen molar-refractivity contribution in [1.29, 1.82) is 0 Å². The van der Waals surface area contributed by atoms with Gasteiger partial charge in [-0.25, -0.2) is 13.2 Å². The molecule has 5 nitrogen and oxygen atoms in total. The third-order valence-corrected chi connectivity index (χ3v) is 5.02. The number of thiol groups is 1. The van der Waals surface area contributed by atoms with E-state index >= 15 is 0 Å². The number of carbonyl (C=O) groups is 1. The number of rotatable bonds is 3. The van der Waals surface area contributed by atoms with Crippen LogP contribution in [0.4, 0.5) is 4.79 Å². The van der Waals surface area contributed by atoms with Crippen molar-refractivity contribution >= 4 is 29.4 Å². The average molecular weight is 413 g/mol. The van der Waals surface area contributed by atoms with Gasteiger partial charge in [-0.2, -0.15) is 0 Å². The van der Waals surface area contributed by atoms with Crippen molar-refractivity contribution in [2.24, 2.45) is 5.92 Å². The van der Waals surface area contributed by atoms with Crippen LogP contribution in [-0.2, 0) is 60.8 Å². The van der Waals surface area contributed by atoms with Crippen LogP contribution in [0.15, 0.2) is 0 Å². The summed E-state index contributed by atoms with van der Waals surface area (Å²) in [5.41, 5.74) is -0.488. The molecule has 0 bridgehead atoms. The second-order valence-electron chi connectivity index (χ2n) is 6.36. The van der Waals surface area contributed by atoms with E-state index in [2.05, 4.69) is 5.32 Å². The number of amides is 1. The van der Waals surface area contributed by atoms with Crippen LogP contribution in [0, 0.1) is 5.92 Å². The van der Waals surface area contributed by atoms with Crippen molar-refractivity contribution in [2.45, 2.75) is 57.3 Å². The van der Waals surface area contributed by atoms with E-state index in [0.717, 1.165) is 12.8 Å². The van der Waals surface area contributed by atoms with Gasteiger partial charge in [-0.05, 0) is 52.4 Å². The molecule has 1 radical (unpaired) electrons. The van der Waals surface area contributed by atoms with Crippen LogP contribution in [-0.4, -0.2) is 38.2 Å². The maximum Gasteiger partial charge on any atom is 0.407 e. The Morgan fingerprint density at radius 1 is 1.19 bits per heavy atom. The zero-order chi connectivity index (χ0) is 14.7. The van der Waals surface area contributed by atoms with E-state index in [0.29, 0.717) is 25.3 Å². The average Bonchev–Trinajstić information content (AvgIpc) is 2.23. The Kier molecular flexibility index (Phi) is 11.1. The van der Waals surface area contributed by atoms with Crippen molar-refractivity contribution in [3.63, 3.8) is 0 Å². The fourth-order valence-electron chi connectivity index (χ4n) is 2.31. The summed E-state index contributed by atoms with van der Waals surface area (Å²) in [6.07, 6.45) is 3.97. The number of hydrogen-bond donors (Lipinski definition) is 1. The maximum absolute atomic E-state index is 11.5. The number of ether oxygens (including phenoxy) is 1. The van der Waals surface area contributed by atoms with Crippen LogP contribution >= 0.6 is 0 Å². The molecule has 0 aliphatic heterocycles. The minimum atomic E-state index is -2.92. The Hall–Kier alpha value is 0.674. The first kappa shape index (κ1) is 23.9. The molecule has 1 aliphatic carbocycles. The van der Waals surface area contributed by atoms with Gasteiger partial charge in [0.15, 0.2) is 0 Å². The summed E-state index contributed by atoms with van der Waals surface area (Å²) in [5, 5.41) is 2.55. The topological polar surface area (TPSA) is 72.5 Å². The first-order valence-electron chi connectivity index (χ1n) is 6.73. The molecule has 0 unspecified atom stereocenters. The van der Waals surface area contributed by atoms with Gasteiger partial charge in [0.2, 0.25) is 0 Å². The zero-order valence-electron chi connectivity index (χ0n) is 13.3. The van der Waals surface area contributed by atoms with Crippen molar-refractivity contribution in [3.8, 4) is 0 Å². The molecular formula is C13H26NO4S2Y-. The number of sulfone groups is 1. The minimum Gasteiger partial charge on any atom is -0.813 e. The molecule has 1 N–H and O–H groups in total. The maximum atomic E-state index is 11.5. The summed E-state index contributed by atoms with van der Waals surface area (Å²) in [5.74, 6) is 0.352. The fourth-order valence-corrected chi connectivity index (χ4v) is 3.43. The predicted octanol–water partition coefficient (Wildman–Crippen LogP) is 1.84. The van der Waals surface area contributed by atoms with Gasteiger partial charge in [0, 0.05) is 45.5 Å². The third-order valence-electron chi connectivity index (χ3n) is 3.33. The van der Waals surface area contributed by atoms with Gasteiger partial charge in [-0.1, -0.05) is 0 Å². The molecule has 1 aliphatic rings. The SMILES string of the molecule is CC(C)(C)OC(=O)NCC1CCC(S(C)(=O)=O)CC1.[SH-].[Y]. The van der Waals surface area contributed by atoms with Gasteiger partial charge in [0.1, 0.15) is 15.4 Å². The molecule has 0 saturated heterocycles. The summed E-state index contributed by atoms with van der Waals surface area (Å²) < 4.78 is 28.0. The molecule has 1 fully saturated rings. The largest absolute Gasteiger partial charge is 0.813 e. The molecule has 1 amide bonds. The minimum absolute atomic E-state index is 0. The van der Waals surface area contributed by atoms with E-state index in [1.165, 1.54) is 6.26 Å². The molecule has 0 heterocycles. The van der Waals surface area contributed by atoms with Gasteiger partial charge in [0.25, 0.3) is 0 Å². The van der Waals surface area contributed by atoms with E-state index in [4.69, 9.17) is 4.74 Å². The molecule has 0 aromatic rings. The normalized spacial score (nSPS) is 22.5. The van der Waals surface area contributed by atoms with Crippen molar-refractivity contribution < 1.29 is 50.7 Å². The molecule has 0 spiro atoms. The second-order valence-corrected chi connectivity index (χ2v) is 8.68. The van der Waals surface area contributed by atoms with Gasteiger partial charge in [-0.15, -0.1) is 0 Å². The number of nitrogens with one attached hydrogen (secondary N) is 1. The molecule has 0 aromatic carbocycles. The Balaban J connectivity index is 0. The van der Waals surface area contributed by atoms with E-state index in [-0.39, 0.29) is 51.5 Å². The monoisotopic (exact) mass is 413 g/mol. The van der Waals surface area contributed by atoms with Gasteiger partial charge < -0.3 is 23.5 Å². The summed E-state index contributed by atoms with van der Waals surface area (Å²) in [6, 6.07) is 0. The number of hydrogen-bond acceptors (Lipinski definition) is 5. The quantitative estimate of drug-likeness (QED) is 0.565. The Bertz CT molecular complexity index is 412. The molecule has 123 valence electrons. The van der Waals surface area contributed by atoms with Crippen LogP contribution in [0.3, 0.4) is 0 Å². The Morgan fingerprint density at radius 2 is 1.67 bits per heavy atom. The Labute approximate surface area is 160 Å². The van der Waals surface area contributed by atoms with Crippen LogP contribution in [0.5, 0.6) is 0 Å². The van der Waals surface area contributed by atoms with Crippen LogP contribution in [0.1, 0.15) is 46.5 Å². The zero-order valence-corrected chi connectivity index (χ0v) is 17.8. The smallest absolute Gasteiger partial charge is 0.407 e. The molecule has 8 heteroatoms. The molecule has 0 aromatic heterocycles. The third kappa shape index (κ3) is 10.1. The van der Waals surface area contributed by atoms with Gasteiger partial charge in [-0.3, -0.25) is 0 Å². The summed E-state index contributed by atoms with van der Waals surface area (Å²) in [6.45, 7) is 6.03. The van der Waals surface area contributed by atoms with Gasteiger partial charge >= 0.3 is 6.09 Å². The van der Waals surface area contributed by atoms with E-state index in [9.17, 15) is 13.2 Å². The second kappa shape index (κ2) is 9.73. The standard InChI is InChI=1S/C13H25NO4S.H2S.Y/c1-13(2,3)18-12(15)14-9-10-5-7-11(8-6-10)19(4,16)17;;/h10-11H,5-9H2,1-4H3,(H,14,15);1H2;/p-1. The van der Waals surface area contributed by atoms with Gasteiger partial charge in [0.05, 0.1) is 5.25 Å². The van der Waals surface area contributed by atoms with Crippen LogP contribution < -0.4 is 5.32 Å². The van der Waals surface area contributed by atoms with Crippen molar-refractivity contribution in [1.82, 2.24) is 5.32 Å². The summed E-state index contributed by atoms with van der Waals surface area (Å²) in [4.78, 5) is 11.5. The fraction of sp³-hybridized carbons (Fsp3) is 0.923. The van der Waals surface area contributed by atoms with Crippen LogP contribution in [0.2, 0.25) is 0 Å². The van der Waals surface area contributed by atoms with E-state index in [1.807, 2.05) is 20.8 Å². The van der Waals surface area contributed by atoms with E-state index in [1.54, 1.807) is 0 Å². The molecule has 1 saturated carbocycles. The molecule has 21 heavy (non-hydrogen) atoms. The first-order valence-corrected chi connectivity index (χ1v) is 8.69. The van der Waals surface area contributed by atoms with Crippen molar-refractivity contribution in [3.05, 3.63) is 0 Å². The van der Waals surface area contributed by atoms with Crippen molar-refractivity contribution in [2.75, 3.05) is 12.8 Å². The summed E-state index contributed by atoms with van der Waals surface area (Å²) >= 11 is 0. The molecule has 1 rings (SSSR count). The molecular weight excluding hydrogens is 387 g/mol. The molecule has 0 atom stereocenters. The van der Waals surface area contributed by atoms with E-state index < -0.39 is 21.5 Å². The number of alkyl carbamates (subject to hydrolysis) is 1. The first-order chi connectivity index (χ1) is 8.58. The Morgan fingerprint density at radius 3 is 2.05 bits per heavy atom. The predicted molar refractivity (Wildman–Crippen MR) is 83.6 cm³/mol. The summed E-state index contributed by atoms with van der Waals surface area (Å²) in [7, 11) is -2.92. The number of carbonyl (C=O) groups excluding carboxylic acids is 1.